The first-order valence-electron chi connectivity index (χ1n) is 8.24. The Labute approximate surface area is 166 Å². The lowest BCUT2D eigenvalue weighted by molar-refractivity contribution is -0.118. The molecular formula is C20H10BrN3O4. The van der Waals surface area contributed by atoms with Crippen LogP contribution in [0.15, 0.2) is 67.6 Å². The van der Waals surface area contributed by atoms with Gasteiger partial charge in [0.25, 0.3) is 0 Å². The molecule has 0 aliphatic carbocycles. The Balaban J connectivity index is 2.06. The van der Waals surface area contributed by atoms with Gasteiger partial charge in [0.1, 0.15) is 22.6 Å². The number of para-hydroxylation sites is 1. The van der Waals surface area contributed by atoms with Crippen molar-refractivity contribution < 1.29 is 13.9 Å². The number of nitrogens with two attached hydrogens (primary N) is 1. The molecule has 0 saturated heterocycles. The molecule has 1 amide bonds. The molecule has 3 N–H and O–H groups in total. The molecule has 28 heavy (non-hydrogen) atoms. The number of carbonyl (C=O) groups excluding carboxylic acids is 1. The third kappa shape index (κ3) is 1.86. The molecule has 0 saturated carbocycles. The third-order valence-electron chi connectivity index (χ3n) is 5.07. The maximum absolute atomic E-state index is 13.4. The topological polar surface area (TPSA) is 118 Å². The summed E-state index contributed by atoms with van der Waals surface area (Å²) in [7, 11) is 0. The second-order valence-electron chi connectivity index (χ2n) is 6.44. The normalized spacial score (nSPS) is 19.8. The highest BCUT2D eigenvalue weighted by Crippen LogP contribution is 2.54. The van der Waals surface area contributed by atoms with E-state index in [-0.39, 0.29) is 28.4 Å². The number of ether oxygens (including phenoxy) is 1. The fourth-order valence-electron chi connectivity index (χ4n) is 3.98. The quantitative estimate of drug-likeness (QED) is 0.524. The van der Waals surface area contributed by atoms with Crippen LogP contribution in [-0.4, -0.2) is 5.91 Å². The zero-order chi connectivity index (χ0) is 19.6. The number of hydrogen-bond donors (Lipinski definition) is 2. The number of halogens is 1. The van der Waals surface area contributed by atoms with Crippen molar-refractivity contribution in [2.24, 2.45) is 5.73 Å². The van der Waals surface area contributed by atoms with Crippen molar-refractivity contribution in [3.8, 4) is 11.8 Å². The summed E-state index contributed by atoms with van der Waals surface area (Å²) in [5.41, 5.74) is 5.08. The van der Waals surface area contributed by atoms with Gasteiger partial charge in [0, 0.05) is 26.7 Å². The van der Waals surface area contributed by atoms with Crippen LogP contribution in [0.25, 0.3) is 11.0 Å². The third-order valence-corrected chi connectivity index (χ3v) is 5.56. The zero-order valence-electron chi connectivity index (χ0n) is 14.1. The van der Waals surface area contributed by atoms with Gasteiger partial charge in [-0.3, -0.25) is 4.79 Å². The van der Waals surface area contributed by atoms with Gasteiger partial charge in [-0.1, -0.05) is 34.1 Å². The number of nitrogens with zero attached hydrogens (tertiary/aromatic N) is 1. The van der Waals surface area contributed by atoms with Crippen LogP contribution in [0.3, 0.4) is 0 Å². The van der Waals surface area contributed by atoms with Crippen molar-refractivity contribution in [1.29, 1.82) is 5.26 Å². The molecule has 8 heteroatoms. The molecule has 0 fully saturated rings. The van der Waals surface area contributed by atoms with Crippen LogP contribution in [0.5, 0.6) is 5.75 Å². The van der Waals surface area contributed by atoms with Crippen LogP contribution in [-0.2, 0) is 10.2 Å². The minimum Gasteiger partial charge on any atom is -0.432 e. The number of hydrogen-bond acceptors (Lipinski definition) is 6. The van der Waals surface area contributed by atoms with Gasteiger partial charge >= 0.3 is 5.63 Å². The maximum atomic E-state index is 13.4. The first kappa shape index (κ1) is 16.6. The van der Waals surface area contributed by atoms with E-state index < -0.39 is 16.9 Å². The molecule has 3 aromatic rings. The van der Waals surface area contributed by atoms with Crippen LogP contribution in [0, 0.1) is 11.3 Å². The van der Waals surface area contributed by atoms with Crippen molar-refractivity contribution in [3.05, 3.63) is 79.9 Å². The number of benzene rings is 2. The van der Waals surface area contributed by atoms with Crippen molar-refractivity contribution in [3.63, 3.8) is 0 Å². The second-order valence-corrected chi connectivity index (χ2v) is 7.35. The van der Waals surface area contributed by atoms with Crippen molar-refractivity contribution >= 4 is 38.5 Å². The molecule has 1 spiro atoms. The molecule has 2 aromatic carbocycles. The Morgan fingerprint density at radius 2 is 1.96 bits per heavy atom. The standard InChI is InChI=1S/C20H10BrN3O4/c21-9-5-6-13-11(7-9)20(19(26)24-13)12(8-22)17(23)28-16-15(20)10-3-1-2-4-14(10)27-18(16)25/h1-7H,23H2,(H,24,26). The fraction of sp³-hybridized carbons (Fsp3) is 0.0500. The van der Waals surface area contributed by atoms with E-state index in [0.717, 1.165) is 0 Å². The van der Waals surface area contributed by atoms with Crippen LogP contribution in [0.1, 0.15) is 11.1 Å². The predicted octanol–water partition coefficient (Wildman–Crippen LogP) is 2.88. The summed E-state index contributed by atoms with van der Waals surface area (Å²) in [6, 6.07) is 14.0. The summed E-state index contributed by atoms with van der Waals surface area (Å²) in [5, 5.41) is 13.2. The molecule has 5 rings (SSSR count). The molecule has 0 bridgehead atoms. The Morgan fingerprint density at radius 3 is 2.75 bits per heavy atom. The van der Waals surface area contributed by atoms with Gasteiger partial charge in [-0.25, -0.2) is 4.79 Å². The van der Waals surface area contributed by atoms with Gasteiger partial charge in [-0.05, 0) is 24.3 Å². The molecule has 7 nitrogen and oxygen atoms in total. The number of rotatable bonds is 0. The van der Waals surface area contributed by atoms with E-state index in [1.807, 2.05) is 6.07 Å². The Hall–Kier alpha value is -3.57. The Kier molecular flexibility index (Phi) is 3.24. The second kappa shape index (κ2) is 5.47. The van der Waals surface area contributed by atoms with E-state index >= 15 is 0 Å². The molecule has 2 aliphatic rings. The molecule has 136 valence electrons. The monoisotopic (exact) mass is 435 g/mol. The lowest BCUT2D eigenvalue weighted by Crippen LogP contribution is -2.43. The maximum Gasteiger partial charge on any atom is 0.380 e. The average Bonchev–Trinajstić information content (AvgIpc) is 2.94. The number of nitriles is 1. The largest absolute Gasteiger partial charge is 0.432 e. The highest BCUT2D eigenvalue weighted by Gasteiger charge is 2.58. The van der Waals surface area contributed by atoms with Gasteiger partial charge < -0.3 is 20.2 Å². The first-order valence-corrected chi connectivity index (χ1v) is 9.03. The summed E-state index contributed by atoms with van der Waals surface area (Å²) in [4.78, 5) is 26.0. The van der Waals surface area contributed by atoms with Gasteiger partial charge in [-0.2, -0.15) is 5.26 Å². The number of carbonyl (C=O) groups is 1. The summed E-state index contributed by atoms with van der Waals surface area (Å²) in [5.74, 6) is -0.987. The SMILES string of the molecule is N#CC1=C(N)Oc2c(c3ccccc3oc2=O)C12C(=O)Nc1ccc(Br)cc12. The van der Waals surface area contributed by atoms with Crippen molar-refractivity contribution in [2.75, 3.05) is 5.32 Å². The molecule has 1 unspecified atom stereocenters. The smallest absolute Gasteiger partial charge is 0.380 e. The Morgan fingerprint density at radius 1 is 1.18 bits per heavy atom. The van der Waals surface area contributed by atoms with Crippen LogP contribution in [0.4, 0.5) is 5.69 Å². The lowest BCUT2D eigenvalue weighted by Gasteiger charge is -2.33. The van der Waals surface area contributed by atoms with E-state index in [4.69, 9.17) is 14.9 Å². The van der Waals surface area contributed by atoms with Crippen LogP contribution < -0.4 is 21.4 Å². The van der Waals surface area contributed by atoms with Crippen molar-refractivity contribution in [2.45, 2.75) is 5.41 Å². The molecule has 0 radical (unpaired) electrons. The predicted molar refractivity (Wildman–Crippen MR) is 103 cm³/mol. The molecular weight excluding hydrogens is 426 g/mol. The molecule has 1 aromatic heterocycles. The molecule has 3 heterocycles. The van der Waals surface area contributed by atoms with E-state index in [0.29, 0.717) is 21.1 Å². The minimum atomic E-state index is -1.62. The first-order chi connectivity index (χ1) is 13.5. The van der Waals surface area contributed by atoms with E-state index in [2.05, 4.69) is 21.2 Å². The average molecular weight is 436 g/mol. The summed E-state index contributed by atoms with van der Waals surface area (Å²) >= 11 is 3.42. The van der Waals surface area contributed by atoms with E-state index in [9.17, 15) is 14.9 Å². The Bertz CT molecular complexity index is 1350. The number of amides is 1. The van der Waals surface area contributed by atoms with E-state index in [1.54, 1.807) is 42.5 Å². The van der Waals surface area contributed by atoms with Gasteiger partial charge in [0.05, 0.1) is 0 Å². The number of anilines is 1. The number of fused-ring (bicyclic) bond motifs is 6. The highest BCUT2D eigenvalue weighted by molar-refractivity contribution is 9.10. The zero-order valence-corrected chi connectivity index (χ0v) is 15.7. The summed E-state index contributed by atoms with van der Waals surface area (Å²) in [6.45, 7) is 0. The van der Waals surface area contributed by atoms with Gasteiger partial charge in [0.15, 0.2) is 0 Å². The minimum absolute atomic E-state index is 0.0786. The highest BCUT2D eigenvalue weighted by atomic mass is 79.9. The van der Waals surface area contributed by atoms with Gasteiger partial charge in [-0.15, -0.1) is 0 Å². The molecule has 1 atom stereocenters. The van der Waals surface area contributed by atoms with Crippen LogP contribution >= 0.6 is 15.9 Å². The molecule has 2 aliphatic heterocycles. The lowest BCUT2D eigenvalue weighted by atomic mass is 9.68. The van der Waals surface area contributed by atoms with Gasteiger partial charge in [0.2, 0.25) is 17.5 Å². The number of nitrogens with one attached hydrogen (secondary N) is 1. The van der Waals surface area contributed by atoms with Crippen molar-refractivity contribution in [1.82, 2.24) is 0 Å². The van der Waals surface area contributed by atoms with E-state index in [1.165, 1.54) is 0 Å². The summed E-state index contributed by atoms with van der Waals surface area (Å²) in [6.07, 6.45) is 0. The summed E-state index contributed by atoms with van der Waals surface area (Å²) < 4.78 is 11.5. The van der Waals surface area contributed by atoms with Crippen LogP contribution in [0.2, 0.25) is 0 Å². The fourth-order valence-corrected chi connectivity index (χ4v) is 4.34.